The second kappa shape index (κ2) is 9.79. The summed E-state index contributed by atoms with van der Waals surface area (Å²) in [4.78, 5) is 13.7. The van der Waals surface area contributed by atoms with Gasteiger partial charge in [0.1, 0.15) is 34.0 Å². The van der Waals surface area contributed by atoms with Gasteiger partial charge in [0, 0.05) is 28.7 Å². The number of benzene rings is 3. The van der Waals surface area contributed by atoms with E-state index in [2.05, 4.69) is 5.32 Å². The molecule has 3 aromatic carbocycles. The molecule has 1 saturated heterocycles. The van der Waals surface area contributed by atoms with Crippen molar-refractivity contribution < 1.29 is 23.4 Å². The smallest absolute Gasteiger partial charge is 0.206 e. The third-order valence-corrected chi connectivity index (χ3v) is 6.37. The van der Waals surface area contributed by atoms with Crippen LogP contribution >= 0.6 is 23.7 Å². The number of hydrogen-bond donors (Lipinski definition) is 1. The normalized spacial score (nSPS) is 13.2. The van der Waals surface area contributed by atoms with Crippen LogP contribution in [0.25, 0.3) is 10.1 Å². The van der Waals surface area contributed by atoms with Crippen molar-refractivity contribution in [2.24, 2.45) is 0 Å². The zero-order valence-electron chi connectivity index (χ0n) is 17.7. The van der Waals surface area contributed by atoms with E-state index in [4.69, 9.17) is 14.2 Å². The fraction of sp³-hybridized carbons (Fsp3) is 0.160. The van der Waals surface area contributed by atoms with Crippen molar-refractivity contribution in [3.05, 3.63) is 83.0 Å². The molecular formula is C25H21ClFNO4S. The number of nitrogens with one attached hydrogen (secondary N) is 1. The maximum absolute atomic E-state index is 13.7. The monoisotopic (exact) mass is 485 g/mol. The summed E-state index contributed by atoms with van der Waals surface area (Å²) in [5.74, 6) is 1.71. The maximum atomic E-state index is 13.7. The van der Waals surface area contributed by atoms with Gasteiger partial charge in [-0.25, -0.2) is 4.39 Å². The lowest BCUT2D eigenvalue weighted by Crippen LogP contribution is -2.50. The second-order valence-corrected chi connectivity index (χ2v) is 8.49. The molecule has 1 aliphatic heterocycles. The van der Waals surface area contributed by atoms with E-state index >= 15 is 0 Å². The van der Waals surface area contributed by atoms with Crippen LogP contribution in [0, 0.1) is 5.82 Å². The van der Waals surface area contributed by atoms with Crippen LogP contribution in [0.2, 0.25) is 0 Å². The van der Waals surface area contributed by atoms with Crippen LogP contribution in [0.1, 0.15) is 15.2 Å². The zero-order chi connectivity index (χ0) is 22.1. The van der Waals surface area contributed by atoms with Gasteiger partial charge in [-0.05, 0) is 54.6 Å². The van der Waals surface area contributed by atoms with Gasteiger partial charge >= 0.3 is 0 Å². The number of rotatable bonds is 7. The van der Waals surface area contributed by atoms with Crippen LogP contribution in [-0.2, 0) is 0 Å². The predicted molar refractivity (Wildman–Crippen MR) is 129 cm³/mol. The highest BCUT2D eigenvalue weighted by molar-refractivity contribution is 7.21. The molecule has 8 heteroatoms. The number of thiophene rings is 1. The number of fused-ring (bicyclic) bond motifs is 1. The maximum Gasteiger partial charge on any atom is 0.206 e. The van der Waals surface area contributed by atoms with Gasteiger partial charge in [-0.3, -0.25) is 4.79 Å². The van der Waals surface area contributed by atoms with Crippen LogP contribution in [0.5, 0.6) is 23.0 Å². The standard InChI is InChI=1S/C25H20FNO4S.ClH/c1-29-19-9-10-21-22(12-19)32-25(23(28)15-3-2-4-16(26)11-15)24(21)31-18-7-5-17(6-8-18)30-20-13-27-14-20;/h2-12,20,27H,13-14H2,1H3;1H. The molecule has 0 radical (unpaired) electrons. The van der Waals surface area contributed by atoms with E-state index in [1.54, 1.807) is 13.2 Å². The molecule has 0 atom stereocenters. The minimum absolute atomic E-state index is 0. The minimum atomic E-state index is -0.460. The molecule has 2 heterocycles. The first-order chi connectivity index (χ1) is 15.6. The van der Waals surface area contributed by atoms with Crippen LogP contribution in [0.4, 0.5) is 4.39 Å². The van der Waals surface area contributed by atoms with E-state index in [1.165, 1.54) is 29.5 Å². The highest BCUT2D eigenvalue weighted by atomic mass is 35.5. The third-order valence-electron chi connectivity index (χ3n) is 5.24. The molecule has 0 bridgehead atoms. The molecule has 0 spiro atoms. The Balaban J connectivity index is 0.00000259. The van der Waals surface area contributed by atoms with E-state index in [0.29, 0.717) is 22.1 Å². The summed E-state index contributed by atoms with van der Waals surface area (Å²) < 4.78 is 32.0. The number of hydrogen-bond acceptors (Lipinski definition) is 6. The fourth-order valence-electron chi connectivity index (χ4n) is 3.43. The number of carbonyl (C=O) groups is 1. The summed E-state index contributed by atoms with van der Waals surface area (Å²) in [6, 6.07) is 18.5. The summed E-state index contributed by atoms with van der Waals surface area (Å²) in [6.07, 6.45) is 0.188. The minimum Gasteiger partial charge on any atom is -0.497 e. The first-order valence-electron chi connectivity index (χ1n) is 10.2. The first kappa shape index (κ1) is 23.0. The van der Waals surface area contributed by atoms with Gasteiger partial charge in [0.25, 0.3) is 0 Å². The Morgan fingerprint density at radius 2 is 1.73 bits per heavy atom. The molecule has 1 N–H and O–H groups in total. The molecule has 0 aliphatic carbocycles. The lowest BCUT2D eigenvalue weighted by molar-refractivity contribution is 0.104. The second-order valence-electron chi connectivity index (χ2n) is 7.43. The molecule has 1 aliphatic rings. The summed E-state index contributed by atoms with van der Waals surface area (Å²) in [5.41, 5.74) is 0.270. The highest BCUT2D eigenvalue weighted by Crippen LogP contribution is 2.43. The summed E-state index contributed by atoms with van der Waals surface area (Å²) in [5, 5.41) is 3.96. The van der Waals surface area contributed by atoms with Crippen LogP contribution in [0.15, 0.2) is 66.7 Å². The SMILES string of the molecule is COc1ccc2c(Oc3ccc(OC4CNC4)cc3)c(C(=O)c3cccc(F)c3)sc2c1.Cl. The van der Waals surface area contributed by atoms with Crippen molar-refractivity contribution in [3.63, 3.8) is 0 Å². The van der Waals surface area contributed by atoms with Crippen LogP contribution < -0.4 is 19.5 Å². The van der Waals surface area contributed by atoms with Crippen molar-refractivity contribution in [1.29, 1.82) is 0 Å². The average Bonchev–Trinajstić information content (AvgIpc) is 3.14. The number of ether oxygens (including phenoxy) is 3. The summed E-state index contributed by atoms with van der Waals surface area (Å²) in [6.45, 7) is 1.68. The number of methoxy groups -OCH3 is 1. The van der Waals surface area contributed by atoms with Gasteiger partial charge in [0.2, 0.25) is 5.78 Å². The Hall–Kier alpha value is -3.13. The van der Waals surface area contributed by atoms with Crippen molar-refractivity contribution in [3.8, 4) is 23.0 Å². The van der Waals surface area contributed by atoms with Crippen LogP contribution in [-0.4, -0.2) is 32.1 Å². The number of carbonyl (C=O) groups excluding carboxylic acids is 1. The Labute approximate surface area is 200 Å². The van der Waals surface area contributed by atoms with E-state index in [9.17, 15) is 9.18 Å². The Kier molecular flexibility index (Phi) is 6.83. The van der Waals surface area contributed by atoms with E-state index in [1.807, 2.05) is 42.5 Å². The zero-order valence-corrected chi connectivity index (χ0v) is 19.3. The van der Waals surface area contributed by atoms with Crippen molar-refractivity contribution in [1.82, 2.24) is 5.32 Å². The molecule has 33 heavy (non-hydrogen) atoms. The fourth-order valence-corrected chi connectivity index (χ4v) is 4.55. The van der Waals surface area contributed by atoms with Crippen molar-refractivity contribution >= 4 is 39.6 Å². The molecule has 0 saturated carbocycles. The Morgan fingerprint density at radius 3 is 2.39 bits per heavy atom. The van der Waals surface area contributed by atoms with E-state index in [0.717, 1.165) is 28.9 Å². The highest BCUT2D eigenvalue weighted by Gasteiger charge is 2.23. The van der Waals surface area contributed by atoms with Gasteiger partial charge in [0.05, 0.1) is 7.11 Å². The third kappa shape index (κ3) is 4.80. The predicted octanol–water partition coefficient (Wildman–Crippen LogP) is 5.84. The Morgan fingerprint density at radius 1 is 1.00 bits per heavy atom. The van der Waals surface area contributed by atoms with E-state index < -0.39 is 5.82 Å². The summed E-state index contributed by atoms with van der Waals surface area (Å²) in [7, 11) is 1.59. The molecule has 5 rings (SSSR count). The Bertz CT molecular complexity index is 1290. The first-order valence-corrected chi connectivity index (χ1v) is 11.0. The van der Waals surface area contributed by atoms with Crippen LogP contribution in [0.3, 0.4) is 0 Å². The molecule has 5 nitrogen and oxygen atoms in total. The quantitative estimate of drug-likeness (QED) is 0.333. The topological polar surface area (TPSA) is 56.8 Å². The molecule has 170 valence electrons. The molecule has 4 aromatic rings. The van der Waals surface area contributed by atoms with Gasteiger partial charge < -0.3 is 19.5 Å². The van der Waals surface area contributed by atoms with Gasteiger partial charge in [-0.2, -0.15) is 0 Å². The van der Waals surface area contributed by atoms with Crippen molar-refractivity contribution in [2.75, 3.05) is 20.2 Å². The molecular weight excluding hydrogens is 465 g/mol. The molecule has 1 aromatic heterocycles. The van der Waals surface area contributed by atoms with Gasteiger partial charge in [-0.15, -0.1) is 23.7 Å². The molecule has 0 amide bonds. The largest absolute Gasteiger partial charge is 0.497 e. The molecule has 0 unspecified atom stereocenters. The summed E-state index contributed by atoms with van der Waals surface area (Å²) >= 11 is 1.30. The van der Waals surface area contributed by atoms with E-state index in [-0.39, 0.29) is 29.9 Å². The average molecular weight is 486 g/mol. The van der Waals surface area contributed by atoms with Gasteiger partial charge in [0.15, 0.2) is 5.75 Å². The number of halogens is 2. The van der Waals surface area contributed by atoms with Gasteiger partial charge in [-0.1, -0.05) is 12.1 Å². The van der Waals surface area contributed by atoms with Crippen molar-refractivity contribution in [2.45, 2.75) is 6.10 Å². The lowest BCUT2D eigenvalue weighted by atomic mass is 10.1. The number of ketones is 1. The lowest BCUT2D eigenvalue weighted by Gasteiger charge is -2.27. The molecule has 1 fully saturated rings.